The largest absolute Gasteiger partial charge is 0.481 e. The molecule has 0 aliphatic heterocycles. The standard InChI is InChI=1S/C18H18BrN3O3/c1-10(12-3-8-15-16(9-12)22-18(24)21-15)20-17(23)11(2)25-14-6-4-13(19)5-7-14/h3-11H,1-2H3,(H,20,23)(H2,21,22,24). The van der Waals surface area contributed by atoms with E-state index in [4.69, 9.17) is 4.74 Å². The molecule has 2 aromatic carbocycles. The minimum Gasteiger partial charge on any atom is -0.481 e. The van der Waals surface area contributed by atoms with Gasteiger partial charge in [-0.3, -0.25) is 4.79 Å². The molecule has 0 fully saturated rings. The number of nitrogens with one attached hydrogen (secondary N) is 3. The number of carbonyl (C=O) groups excluding carboxylic acids is 1. The lowest BCUT2D eigenvalue weighted by Crippen LogP contribution is -2.37. The molecule has 2 unspecified atom stereocenters. The van der Waals surface area contributed by atoms with Crippen molar-refractivity contribution >= 4 is 32.9 Å². The van der Waals surface area contributed by atoms with Crippen LogP contribution in [0.25, 0.3) is 11.0 Å². The molecule has 1 aromatic heterocycles. The Kier molecular flexibility index (Phi) is 4.94. The summed E-state index contributed by atoms with van der Waals surface area (Å²) in [7, 11) is 0. The van der Waals surface area contributed by atoms with Crippen LogP contribution >= 0.6 is 15.9 Å². The first kappa shape index (κ1) is 17.3. The quantitative estimate of drug-likeness (QED) is 0.610. The van der Waals surface area contributed by atoms with Gasteiger partial charge in [0.2, 0.25) is 0 Å². The van der Waals surface area contributed by atoms with Crippen LogP contribution < -0.4 is 15.7 Å². The Hall–Kier alpha value is -2.54. The molecule has 1 heterocycles. The Labute approximate surface area is 152 Å². The summed E-state index contributed by atoms with van der Waals surface area (Å²) in [5, 5.41) is 2.92. The maximum atomic E-state index is 12.4. The molecule has 3 N–H and O–H groups in total. The lowest BCUT2D eigenvalue weighted by Gasteiger charge is -2.19. The molecule has 0 spiro atoms. The van der Waals surface area contributed by atoms with Gasteiger partial charge in [0.15, 0.2) is 6.10 Å². The fraction of sp³-hybridized carbons (Fsp3) is 0.222. The third kappa shape index (κ3) is 4.11. The third-order valence-electron chi connectivity index (χ3n) is 3.89. The van der Waals surface area contributed by atoms with Crippen LogP contribution in [0, 0.1) is 0 Å². The molecule has 3 aromatic rings. The zero-order chi connectivity index (χ0) is 18.0. The number of aromatic amines is 2. The molecular formula is C18H18BrN3O3. The lowest BCUT2D eigenvalue weighted by molar-refractivity contribution is -0.127. The summed E-state index contributed by atoms with van der Waals surface area (Å²) in [6.45, 7) is 3.59. The zero-order valence-corrected chi connectivity index (χ0v) is 15.4. The van der Waals surface area contributed by atoms with Crippen molar-refractivity contribution in [2.45, 2.75) is 26.0 Å². The second kappa shape index (κ2) is 7.14. The van der Waals surface area contributed by atoms with E-state index in [1.54, 1.807) is 19.1 Å². The average Bonchev–Trinajstić information content (AvgIpc) is 2.95. The smallest absolute Gasteiger partial charge is 0.323 e. The number of hydrogen-bond acceptors (Lipinski definition) is 3. The maximum absolute atomic E-state index is 12.4. The summed E-state index contributed by atoms with van der Waals surface area (Å²) in [6.07, 6.45) is -0.626. The first-order chi connectivity index (χ1) is 11.9. The SMILES string of the molecule is CC(Oc1ccc(Br)cc1)C(=O)NC(C)c1ccc2[nH]c(=O)[nH]c2c1. The van der Waals surface area contributed by atoms with E-state index in [9.17, 15) is 9.59 Å². The van der Waals surface area contributed by atoms with Gasteiger partial charge >= 0.3 is 5.69 Å². The van der Waals surface area contributed by atoms with E-state index in [0.717, 1.165) is 15.6 Å². The molecule has 130 valence electrons. The highest BCUT2D eigenvalue weighted by molar-refractivity contribution is 9.10. The van der Waals surface area contributed by atoms with E-state index in [1.807, 2.05) is 37.3 Å². The first-order valence-electron chi connectivity index (χ1n) is 7.87. The van der Waals surface area contributed by atoms with Crippen molar-refractivity contribution in [3.8, 4) is 5.75 Å². The minimum atomic E-state index is -0.626. The van der Waals surface area contributed by atoms with Crippen molar-refractivity contribution in [1.82, 2.24) is 15.3 Å². The number of fused-ring (bicyclic) bond motifs is 1. The molecule has 25 heavy (non-hydrogen) atoms. The molecule has 0 saturated carbocycles. The molecule has 2 atom stereocenters. The fourth-order valence-corrected chi connectivity index (χ4v) is 2.77. The summed E-state index contributed by atoms with van der Waals surface area (Å²) < 4.78 is 6.60. The van der Waals surface area contributed by atoms with Crippen LogP contribution in [-0.4, -0.2) is 22.0 Å². The second-order valence-corrected chi connectivity index (χ2v) is 6.74. The Bertz CT molecular complexity index is 946. The topological polar surface area (TPSA) is 87.0 Å². The van der Waals surface area contributed by atoms with Gasteiger partial charge in [-0.25, -0.2) is 4.79 Å². The monoisotopic (exact) mass is 403 g/mol. The van der Waals surface area contributed by atoms with Gasteiger partial charge < -0.3 is 20.0 Å². The molecule has 6 nitrogen and oxygen atoms in total. The van der Waals surface area contributed by atoms with E-state index in [1.165, 1.54) is 0 Å². The van der Waals surface area contributed by atoms with Gasteiger partial charge in [0.05, 0.1) is 17.1 Å². The van der Waals surface area contributed by atoms with Crippen LogP contribution in [0.15, 0.2) is 51.7 Å². The maximum Gasteiger partial charge on any atom is 0.323 e. The van der Waals surface area contributed by atoms with Gasteiger partial charge in [-0.15, -0.1) is 0 Å². The van der Waals surface area contributed by atoms with Crippen molar-refractivity contribution in [3.63, 3.8) is 0 Å². The van der Waals surface area contributed by atoms with Crippen molar-refractivity contribution < 1.29 is 9.53 Å². The average molecular weight is 404 g/mol. The van der Waals surface area contributed by atoms with Gasteiger partial charge in [-0.05, 0) is 55.8 Å². The van der Waals surface area contributed by atoms with Crippen molar-refractivity contribution in [2.75, 3.05) is 0 Å². The highest BCUT2D eigenvalue weighted by atomic mass is 79.9. The number of rotatable bonds is 5. The lowest BCUT2D eigenvalue weighted by atomic mass is 10.1. The van der Waals surface area contributed by atoms with E-state index in [-0.39, 0.29) is 17.6 Å². The fourth-order valence-electron chi connectivity index (χ4n) is 2.50. The van der Waals surface area contributed by atoms with Crippen LogP contribution in [0.5, 0.6) is 5.75 Å². The summed E-state index contributed by atoms with van der Waals surface area (Å²) in [4.78, 5) is 29.1. The van der Waals surface area contributed by atoms with Crippen LogP contribution in [-0.2, 0) is 4.79 Å². The number of halogens is 1. The molecule has 1 amide bonds. The highest BCUT2D eigenvalue weighted by Crippen LogP contribution is 2.19. The number of H-pyrrole nitrogens is 2. The van der Waals surface area contributed by atoms with Gasteiger partial charge in [0, 0.05) is 4.47 Å². The van der Waals surface area contributed by atoms with Crippen molar-refractivity contribution in [1.29, 1.82) is 0 Å². The van der Waals surface area contributed by atoms with Gasteiger partial charge in [-0.1, -0.05) is 22.0 Å². The minimum absolute atomic E-state index is 0.210. The van der Waals surface area contributed by atoms with Crippen LogP contribution in [0.1, 0.15) is 25.5 Å². The molecule has 0 aliphatic carbocycles. The predicted octanol–water partition coefficient (Wildman–Crippen LogP) is 3.26. The zero-order valence-electron chi connectivity index (χ0n) is 13.8. The van der Waals surface area contributed by atoms with Crippen LogP contribution in [0.3, 0.4) is 0 Å². The van der Waals surface area contributed by atoms with Gasteiger partial charge in [0.1, 0.15) is 5.75 Å². The summed E-state index contributed by atoms with van der Waals surface area (Å²) in [6, 6.07) is 12.6. The number of benzene rings is 2. The molecule has 0 saturated heterocycles. The Morgan fingerprint density at radius 2 is 1.76 bits per heavy atom. The van der Waals surface area contributed by atoms with E-state index < -0.39 is 6.10 Å². The van der Waals surface area contributed by atoms with Crippen LogP contribution in [0.4, 0.5) is 0 Å². The summed E-state index contributed by atoms with van der Waals surface area (Å²) in [5.41, 5.74) is 2.09. The number of hydrogen-bond donors (Lipinski definition) is 3. The van der Waals surface area contributed by atoms with E-state index in [2.05, 4.69) is 31.2 Å². The van der Waals surface area contributed by atoms with Gasteiger partial charge in [-0.2, -0.15) is 0 Å². The summed E-state index contributed by atoms with van der Waals surface area (Å²) in [5.74, 6) is 0.419. The van der Waals surface area contributed by atoms with Crippen molar-refractivity contribution in [2.24, 2.45) is 0 Å². The predicted molar refractivity (Wildman–Crippen MR) is 99.7 cm³/mol. The molecule has 0 radical (unpaired) electrons. The molecular weight excluding hydrogens is 386 g/mol. The normalized spacial score (nSPS) is 13.4. The van der Waals surface area contributed by atoms with E-state index in [0.29, 0.717) is 11.3 Å². The van der Waals surface area contributed by atoms with E-state index >= 15 is 0 Å². The second-order valence-electron chi connectivity index (χ2n) is 5.83. The van der Waals surface area contributed by atoms with Crippen LogP contribution in [0.2, 0.25) is 0 Å². The molecule has 7 heteroatoms. The number of imidazole rings is 1. The number of carbonyl (C=O) groups is 1. The number of ether oxygens (including phenoxy) is 1. The summed E-state index contributed by atoms with van der Waals surface area (Å²) >= 11 is 3.36. The number of aromatic nitrogens is 2. The van der Waals surface area contributed by atoms with Crippen molar-refractivity contribution in [3.05, 3.63) is 63.0 Å². The third-order valence-corrected chi connectivity index (χ3v) is 4.42. The molecule has 0 aliphatic rings. The Morgan fingerprint density at radius 1 is 1.08 bits per heavy atom. The first-order valence-corrected chi connectivity index (χ1v) is 8.66. The van der Waals surface area contributed by atoms with Gasteiger partial charge in [0.25, 0.3) is 5.91 Å². The highest BCUT2D eigenvalue weighted by Gasteiger charge is 2.18. The Balaban J connectivity index is 1.65. The Morgan fingerprint density at radius 3 is 2.48 bits per heavy atom. The molecule has 0 bridgehead atoms. The molecule has 3 rings (SSSR count). The number of amides is 1.